The zero-order valence-electron chi connectivity index (χ0n) is 12.7. The van der Waals surface area contributed by atoms with Gasteiger partial charge < -0.3 is 10.2 Å². The minimum Gasteiger partial charge on any atom is -0.314 e. The van der Waals surface area contributed by atoms with Crippen molar-refractivity contribution in [2.24, 2.45) is 0 Å². The van der Waals surface area contributed by atoms with Gasteiger partial charge in [0.15, 0.2) is 0 Å². The van der Waals surface area contributed by atoms with Crippen LogP contribution < -0.4 is 5.32 Å². The summed E-state index contributed by atoms with van der Waals surface area (Å²) in [4.78, 5) is 6.53. The number of nitrogens with one attached hydrogen (secondary N) is 1. The molecule has 1 aromatic heterocycles. The van der Waals surface area contributed by atoms with Crippen LogP contribution >= 0.6 is 0 Å². The van der Waals surface area contributed by atoms with E-state index in [2.05, 4.69) is 48.1 Å². The third-order valence-electron chi connectivity index (χ3n) is 3.66. The van der Waals surface area contributed by atoms with Gasteiger partial charge >= 0.3 is 0 Å². The van der Waals surface area contributed by atoms with Crippen molar-refractivity contribution in [2.45, 2.75) is 46.1 Å². The summed E-state index contributed by atoms with van der Waals surface area (Å²) in [6.07, 6.45) is 7.35. The fourth-order valence-electron chi connectivity index (χ4n) is 2.28. The summed E-state index contributed by atoms with van der Waals surface area (Å²) in [6.45, 7) is 11.4. The second-order valence-corrected chi connectivity index (χ2v) is 5.13. The van der Waals surface area contributed by atoms with Gasteiger partial charge in [-0.3, -0.25) is 4.98 Å². The Morgan fingerprint density at radius 1 is 1.21 bits per heavy atom. The molecule has 1 unspecified atom stereocenters. The Morgan fingerprint density at radius 3 is 2.53 bits per heavy atom. The van der Waals surface area contributed by atoms with E-state index in [1.165, 1.54) is 38.0 Å². The van der Waals surface area contributed by atoms with Crippen molar-refractivity contribution in [3.05, 3.63) is 30.1 Å². The lowest BCUT2D eigenvalue weighted by Gasteiger charge is -2.19. The molecule has 0 aliphatic carbocycles. The molecule has 1 rings (SSSR count). The van der Waals surface area contributed by atoms with E-state index in [1.54, 1.807) is 0 Å². The number of aromatic nitrogens is 1. The van der Waals surface area contributed by atoms with Crippen LogP contribution in [-0.2, 0) is 6.42 Å². The van der Waals surface area contributed by atoms with Gasteiger partial charge in [-0.05, 0) is 70.1 Å². The fourth-order valence-corrected chi connectivity index (χ4v) is 2.28. The van der Waals surface area contributed by atoms with Crippen LogP contribution in [0.3, 0.4) is 0 Å². The number of hydrogen-bond acceptors (Lipinski definition) is 3. The minimum atomic E-state index is 0.609. The average Bonchev–Trinajstić information content (AvgIpc) is 2.45. The van der Waals surface area contributed by atoms with Crippen LogP contribution in [0.25, 0.3) is 0 Å². The maximum Gasteiger partial charge on any atom is 0.0270 e. The molecule has 0 saturated heterocycles. The molecule has 108 valence electrons. The lowest BCUT2D eigenvalue weighted by Crippen LogP contribution is -2.30. The van der Waals surface area contributed by atoms with E-state index < -0.39 is 0 Å². The van der Waals surface area contributed by atoms with Crippen LogP contribution in [0.15, 0.2) is 24.5 Å². The highest BCUT2D eigenvalue weighted by molar-refractivity contribution is 5.09. The van der Waals surface area contributed by atoms with Crippen molar-refractivity contribution in [3.63, 3.8) is 0 Å². The Kier molecular flexibility index (Phi) is 8.43. The lowest BCUT2D eigenvalue weighted by atomic mass is 10.1. The molecule has 0 bridgehead atoms. The second kappa shape index (κ2) is 9.93. The van der Waals surface area contributed by atoms with E-state index in [1.807, 2.05) is 12.4 Å². The van der Waals surface area contributed by atoms with Gasteiger partial charge in [0.1, 0.15) is 0 Å². The molecule has 0 spiro atoms. The second-order valence-electron chi connectivity index (χ2n) is 5.13. The topological polar surface area (TPSA) is 28.2 Å². The standard InChI is InChI=1S/C16H29N3/c1-4-19(5-2)14-6-7-15(3)18-13-10-16-8-11-17-12-9-16/h8-9,11-12,15,18H,4-7,10,13-14H2,1-3H3. The molecule has 0 saturated carbocycles. The molecule has 3 nitrogen and oxygen atoms in total. The number of pyridine rings is 1. The van der Waals surface area contributed by atoms with Gasteiger partial charge in [0.05, 0.1) is 0 Å². The van der Waals surface area contributed by atoms with Gasteiger partial charge in [-0.1, -0.05) is 13.8 Å². The molecular weight excluding hydrogens is 234 g/mol. The van der Waals surface area contributed by atoms with Crippen LogP contribution in [0.1, 0.15) is 39.2 Å². The fraction of sp³-hybridized carbons (Fsp3) is 0.688. The Hall–Kier alpha value is -0.930. The summed E-state index contributed by atoms with van der Waals surface area (Å²) in [5, 5.41) is 3.60. The summed E-state index contributed by atoms with van der Waals surface area (Å²) in [5.41, 5.74) is 1.36. The molecular formula is C16H29N3. The SMILES string of the molecule is CCN(CC)CCCC(C)NCCc1ccncc1. The van der Waals surface area contributed by atoms with Crippen LogP contribution in [0.4, 0.5) is 0 Å². The van der Waals surface area contributed by atoms with E-state index in [-0.39, 0.29) is 0 Å². The average molecular weight is 263 g/mol. The van der Waals surface area contributed by atoms with E-state index in [9.17, 15) is 0 Å². The Bertz CT molecular complexity index is 309. The van der Waals surface area contributed by atoms with Gasteiger partial charge in [-0.15, -0.1) is 0 Å². The predicted octanol–water partition coefficient (Wildman–Crippen LogP) is 2.72. The van der Waals surface area contributed by atoms with Gasteiger partial charge in [-0.2, -0.15) is 0 Å². The Morgan fingerprint density at radius 2 is 1.89 bits per heavy atom. The van der Waals surface area contributed by atoms with Gasteiger partial charge in [0.25, 0.3) is 0 Å². The zero-order valence-corrected chi connectivity index (χ0v) is 12.7. The van der Waals surface area contributed by atoms with Crippen molar-refractivity contribution in [3.8, 4) is 0 Å². The summed E-state index contributed by atoms with van der Waals surface area (Å²) < 4.78 is 0. The van der Waals surface area contributed by atoms with Gasteiger partial charge in [0, 0.05) is 18.4 Å². The Balaban J connectivity index is 2.06. The molecule has 1 heterocycles. The summed E-state index contributed by atoms with van der Waals surface area (Å²) >= 11 is 0. The first kappa shape index (κ1) is 16.1. The summed E-state index contributed by atoms with van der Waals surface area (Å²) in [6, 6.07) is 4.79. The summed E-state index contributed by atoms with van der Waals surface area (Å²) in [7, 11) is 0. The largest absolute Gasteiger partial charge is 0.314 e. The molecule has 1 aromatic rings. The highest BCUT2D eigenvalue weighted by Gasteiger charge is 2.03. The first-order chi connectivity index (χ1) is 9.26. The van der Waals surface area contributed by atoms with E-state index in [0.717, 1.165) is 13.0 Å². The van der Waals surface area contributed by atoms with Gasteiger partial charge in [0.2, 0.25) is 0 Å². The highest BCUT2D eigenvalue weighted by Crippen LogP contribution is 2.01. The third-order valence-corrected chi connectivity index (χ3v) is 3.66. The molecule has 0 aliphatic heterocycles. The molecule has 1 N–H and O–H groups in total. The third kappa shape index (κ3) is 7.28. The zero-order chi connectivity index (χ0) is 13.9. The maximum atomic E-state index is 4.04. The maximum absolute atomic E-state index is 4.04. The monoisotopic (exact) mass is 263 g/mol. The number of rotatable bonds is 10. The molecule has 0 aliphatic rings. The van der Waals surface area contributed by atoms with Crippen molar-refractivity contribution >= 4 is 0 Å². The number of hydrogen-bond donors (Lipinski definition) is 1. The van der Waals surface area contributed by atoms with Crippen LogP contribution in [0.5, 0.6) is 0 Å². The van der Waals surface area contributed by atoms with Crippen LogP contribution in [0, 0.1) is 0 Å². The quantitative estimate of drug-likeness (QED) is 0.703. The first-order valence-electron chi connectivity index (χ1n) is 7.60. The van der Waals surface area contributed by atoms with E-state index in [4.69, 9.17) is 0 Å². The van der Waals surface area contributed by atoms with Crippen LogP contribution in [-0.4, -0.2) is 42.1 Å². The predicted molar refractivity (Wildman–Crippen MR) is 82.4 cm³/mol. The van der Waals surface area contributed by atoms with Gasteiger partial charge in [-0.25, -0.2) is 0 Å². The molecule has 0 fully saturated rings. The Labute approximate surface area is 118 Å². The van der Waals surface area contributed by atoms with Crippen molar-refractivity contribution in [1.82, 2.24) is 15.2 Å². The van der Waals surface area contributed by atoms with E-state index in [0.29, 0.717) is 6.04 Å². The number of nitrogens with zero attached hydrogens (tertiary/aromatic N) is 2. The van der Waals surface area contributed by atoms with Crippen molar-refractivity contribution < 1.29 is 0 Å². The molecule has 1 atom stereocenters. The molecule has 3 heteroatoms. The van der Waals surface area contributed by atoms with Crippen molar-refractivity contribution in [1.29, 1.82) is 0 Å². The lowest BCUT2D eigenvalue weighted by molar-refractivity contribution is 0.290. The normalized spacial score (nSPS) is 12.8. The molecule has 0 radical (unpaired) electrons. The minimum absolute atomic E-state index is 0.609. The van der Waals surface area contributed by atoms with Crippen LogP contribution in [0.2, 0.25) is 0 Å². The van der Waals surface area contributed by atoms with E-state index >= 15 is 0 Å². The molecule has 0 aromatic carbocycles. The van der Waals surface area contributed by atoms with Crippen molar-refractivity contribution in [2.75, 3.05) is 26.2 Å². The smallest absolute Gasteiger partial charge is 0.0270 e. The highest BCUT2D eigenvalue weighted by atomic mass is 15.1. The molecule has 0 amide bonds. The summed E-state index contributed by atoms with van der Waals surface area (Å²) in [5.74, 6) is 0. The first-order valence-corrected chi connectivity index (χ1v) is 7.60. The molecule has 19 heavy (non-hydrogen) atoms.